The first-order valence-electron chi connectivity index (χ1n) is 5.91. The first kappa shape index (κ1) is 10.8. The van der Waals surface area contributed by atoms with Crippen molar-refractivity contribution in [3.8, 4) is 0 Å². The van der Waals surface area contributed by atoms with Crippen LogP contribution in [0.2, 0.25) is 0 Å². The van der Waals surface area contributed by atoms with Gasteiger partial charge >= 0.3 is 0 Å². The minimum atomic E-state index is 1.01. The van der Waals surface area contributed by atoms with Crippen LogP contribution in [0, 0.1) is 0 Å². The molecule has 2 aromatic rings. The van der Waals surface area contributed by atoms with Gasteiger partial charge in [0.1, 0.15) is 0 Å². The molecule has 0 saturated heterocycles. The van der Waals surface area contributed by atoms with Crippen molar-refractivity contribution < 1.29 is 0 Å². The molecule has 3 rings (SSSR count). The third kappa shape index (κ3) is 2.09. The third-order valence-electron chi connectivity index (χ3n) is 3.32. The fourth-order valence-corrected chi connectivity index (χ4v) is 2.95. The van der Waals surface area contributed by atoms with E-state index in [1.807, 2.05) is 0 Å². The molecule has 0 bridgehead atoms. The SMILES string of the molecule is Brc1ccccc1N1CCc2ccccc2C1. The molecular weight excluding hydrogens is 274 g/mol. The van der Waals surface area contributed by atoms with Crippen molar-refractivity contribution in [1.29, 1.82) is 0 Å². The molecule has 0 aromatic heterocycles. The van der Waals surface area contributed by atoms with Crippen LogP contribution in [0.5, 0.6) is 0 Å². The molecule has 0 unspecified atom stereocenters. The van der Waals surface area contributed by atoms with Gasteiger partial charge in [0.05, 0.1) is 5.69 Å². The summed E-state index contributed by atoms with van der Waals surface area (Å²) in [7, 11) is 0. The van der Waals surface area contributed by atoms with E-state index in [-0.39, 0.29) is 0 Å². The average molecular weight is 288 g/mol. The Morgan fingerprint density at radius 1 is 0.882 bits per heavy atom. The molecule has 1 aliphatic rings. The number of anilines is 1. The van der Waals surface area contributed by atoms with Gasteiger partial charge in [0.15, 0.2) is 0 Å². The van der Waals surface area contributed by atoms with Crippen molar-refractivity contribution in [3.05, 3.63) is 64.1 Å². The number of hydrogen-bond acceptors (Lipinski definition) is 1. The Bertz CT molecular complexity index is 536. The largest absolute Gasteiger partial charge is 0.366 e. The van der Waals surface area contributed by atoms with Crippen LogP contribution in [0.1, 0.15) is 11.1 Å². The van der Waals surface area contributed by atoms with Crippen LogP contribution < -0.4 is 4.90 Å². The molecule has 0 saturated carbocycles. The summed E-state index contributed by atoms with van der Waals surface area (Å²) < 4.78 is 1.18. The van der Waals surface area contributed by atoms with E-state index >= 15 is 0 Å². The zero-order valence-corrected chi connectivity index (χ0v) is 11.2. The highest BCUT2D eigenvalue weighted by molar-refractivity contribution is 9.10. The molecule has 0 spiro atoms. The highest BCUT2D eigenvalue weighted by atomic mass is 79.9. The first-order valence-corrected chi connectivity index (χ1v) is 6.70. The number of benzene rings is 2. The van der Waals surface area contributed by atoms with E-state index in [1.54, 1.807) is 0 Å². The van der Waals surface area contributed by atoms with E-state index in [1.165, 1.54) is 21.3 Å². The van der Waals surface area contributed by atoms with Gasteiger partial charge in [-0.25, -0.2) is 0 Å². The summed E-state index contributed by atoms with van der Waals surface area (Å²) in [6, 6.07) is 17.2. The predicted molar refractivity (Wildman–Crippen MR) is 75.3 cm³/mol. The topological polar surface area (TPSA) is 3.24 Å². The second kappa shape index (κ2) is 4.53. The fourth-order valence-electron chi connectivity index (χ4n) is 2.41. The lowest BCUT2D eigenvalue weighted by Crippen LogP contribution is -2.30. The number of rotatable bonds is 1. The van der Waals surface area contributed by atoms with Gasteiger partial charge in [-0.1, -0.05) is 36.4 Å². The molecule has 0 radical (unpaired) electrons. The Balaban J connectivity index is 1.92. The fraction of sp³-hybridized carbons (Fsp3) is 0.200. The lowest BCUT2D eigenvalue weighted by Gasteiger charge is -2.31. The molecule has 0 fully saturated rings. The molecule has 0 N–H and O–H groups in total. The van der Waals surface area contributed by atoms with Crippen molar-refractivity contribution in [2.75, 3.05) is 11.4 Å². The molecule has 17 heavy (non-hydrogen) atoms. The summed E-state index contributed by atoms with van der Waals surface area (Å²) >= 11 is 3.63. The molecule has 0 aliphatic carbocycles. The van der Waals surface area contributed by atoms with Gasteiger partial charge in [0.2, 0.25) is 0 Å². The lowest BCUT2D eigenvalue weighted by atomic mass is 9.99. The molecule has 2 aromatic carbocycles. The van der Waals surface area contributed by atoms with Crippen molar-refractivity contribution in [2.45, 2.75) is 13.0 Å². The average Bonchev–Trinajstić information content (AvgIpc) is 2.39. The maximum Gasteiger partial charge on any atom is 0.0513 e. The van der Waals surface area contributed by atoms with E-state index in [0.717, 1.165) is 19.5 Å². The molecule has 0 amide bonds. The number of fused-ring (bicyclic) bond motifs is 1. The van der Waals surface area contributed by atoms with Crippen molar-refractivity contribution in [2.24, 2.45) is 0 Å². The van der Waals surface area contributed by atoms with Crippen LogP contribution >= 0.6 is 15.9 Å². The molecule has 0 atom stereocenters. The second-order valence-electron chi connectivity index (χ2n) is 4.39. The minimum absolute atomic E-state index is 1.01. The van der Waals surface area contributed by atoms with Crippen LogP contribution in [-0.4, -0.2) is 6.54 Å². The van der Waals surface area contributed by atoms with Gasteiger partial charge in [0.25, 0.3) is 0 Å². The zero-order valence-electron chi connectivity index (χ0n) is 9.57. The predicted octanol–water partition coefficient (Wildman–Crippen LogP) is 4.01. The maximum absolute atomic E-state index is 3.63. The van der Waals surface area contributed by atoms with E-state index in [2.05, 4.69) is 69.4 Å². The van der Waals surface area contributed by atoms with Gasteiger partial charge in [0, 0.05) is 17.6 Å². The summed E-state index contributed by atoms with van der Waals surface area (Å²) in [6.45, 7) is 2.11. The molecule has 1 heterocycles. The summed E-state index contributed by atoms with van der Waals surface area (Å²) in [5.74, 6) is 0. The first-order chi connectivity index (χ1) is 8.34. The maximum atomic E-state index is 3.63. The Hall–Kier alpha value is -1.28. The van der Waals surface area contributed by atoms with Gasteiger partial charge in [-0.05, 0) is 45.6 Å². The Morgan fingerprint density at radius 3 is 2.41 bits per heavy atom. The summed E-state index contributed by atoms with van der Waals surface area (Å²) in [5.41, 5.74) is 4.24. The number of hydrogen-bond donors (Lipinski definition) is 0. The highest BCUT2D eigenvalue weighted by Gasteiger charge is 2.17. The van der Waals surface area contributed by atoms with Crippen molar-refractivity contribution in [3.63, 3.8) is 0 Å². The van der Waals surface area contributed by atoms with Crippen LogP contribution in [0.15, 0.2) is 53.0 Å². The smallest absolute Gasteiger partial charge is 0.0513 e. The lowest BCUT2D eigenvalue weighted by molar-refractivity contribution is 0.730. The molecular formula is C15H14BrN. The number of para-hydroxylation sites is 1. The second-order valence-corrected chi connectivity index (χ2v) is 5.25. The summed E-state index contributed by atoms with van der Waals surface area (Å²) in [6.07, 6.45) is 1.14. The highest BCUT2D eigenvalue weighted by Crippen LogP contribution is 2.30. The van der Waals surface area contributed by atoms with Gasteiger partial charge in [-0.3, -0.25) is 0 Å². The Labute approximate surface area is 110 Å². The van der Waals surface area contributed by atoms with E-state index in [0.29, 0.717) is 0 Å². The molecule has 1 aliphatic heterocycles. The van der Waals surface area contributed by atoms with E-state index < -0.39 is 0 Å². The van der Waals surface area contributed by atoms with Gasteiger partial charge in [-0.2, -0.15) is 0 Å². The van der Waals surface area contributed by atoms with Crippen molar-refractivity contribution in [1.82, 2.24) is 0 Å². The normalized spacial score (nSPS) is 14.5. The van der Waals surface area contributed by atoms with Crippen LogP contribution in [-0.2, 0) is 13.0 Å². The van der Waals surface area contributed by atoms with E-state index in [9.17, 15) is 0 Å². The van der Waals surface area contributed by atoms with Gasteiger partial charge < -0.3 is 4.90 Å². The number of halogens is 1. The quantitative estimate of drug-likeness (QED) is 0.766. The Morgan fingerprint density at radius 2 is 1.59 bits per heavy atom. The van der Waals surface area contributed by atoms with E-state index in [4.69, 9.17) is 0 Å². The monoisotopic (exact) mass is 287 g/mol. The standard InChI is InChI=1S/C15H14BrN/c16-14-7-3-4-8-15(14)17-10-9-12-5-1-2-6-13(12)11-17/h1-8H,9-11H2. The Kier molecular flexibility index (Phi) is 2.89. The summed E-state index contributed by atoms with van der Waals surface area (Å²) in [5, 5.41) is 0. The molecule has 86 valence electrons. The molecule has 1 nitrogen and oxygen atoms in total. The van der Waals surface area contributed by atoms with Crippen LogP contribution in [0.3, 0.4) is 0 Å². The minimum Gasteiger partial charge on any atom is -0.366 e. The molecule has 2 heteroatoms. The third-order valence-corrected chi connectivity index (χ3v) is 3.99. The van der Waals surface area contributed by atoms with Crippen LogP contribution in [0.25, 0.3) is 0 Å². The van der Waals surface area contributed by atoms with Gasteiger partial charge in [-0.15, -0.1) is 0 Å². The number of nitrogens with zero attached hydrogens (tertiary/aromatic N) is 1. The van der Waals surface area contributed by atoms with Crippen LogP contribution in [0.4, 0.5) is 5.69 Å². The zero-order chi connectivity index (χ0) is 11.7. The summed E-state index contributed by atoms with van der Waals surface area (Å²) in [4.78, 5) is 2.44. The van der Waals surface area contributed by atoms with Crippen molar-refractivity contribution >= 4 is 21.6 Å².